The summed E-state index contributed by atoms with van der Waals surface area (Å²) >= 11 is 0. The first kappa shape index (κ1) is 11.3. The molecule has 0 aromatic heterocycles. The van der Waals surface area contributed by atoms with Crippen LogP contribution in [-0.2, 0) is 9.53 Å². The van der Waals surface area contributed by atoms with Gasteiger partial charge in [-0.15, -0.1) is 6.42 Å². The average molecular weight is 202 g/mol. The second-order valence-corrected chi connectivity index (χ2v) is 3.24. The van der Waals surface area contributed by atoms with Crippen LogP contribution in [0, 0.1) is 12.3 Å². The van der Waals surface area contributed by atoms with Crippen molar-refractivity contribution in [1.82, 2.24) is 0 Å². The number of terminal acetylenes is 1. The molecule has 0 aliphatic carbocycles. The summed E-state index contributed by atoms with van der Waals surface area (Å²) in [4.78, 5) is 11.0. The zero-order valence-corrected chi connectivity index (χ0v) is 8.77. The fourth-order valence-electron chi connectivity index (χ4n) is 1.39. The van der Waals surface area contributed by atoms with Crippen LogP contribution in [0.3, 0.4) is 0 Å². The number of hydrogen-bond donors (Lipinski definition) is 0. The molecule has 0 saturated heterocycles. The van der Waals surface area contributed by atoms with Gasteiger partial charge in [0.2, 0.25) is 0 Å². The van der Waals surface area contributed by atoms with E-state index in [1.807, 2.05) is 43.2 Å². The standard InChI is InChI=1S/C13H14O2/c1-3-8-12(15-13(14)4-2)11-9-6-5-7-10-11/h2,5-7,9-10,12H,3,8H2,1H3. The first-order valence-electron chi connectivity index (χ1n) is 5.00. The van der Waals surface area contributed by atoms with Gasteiger partial charge in [-0.3, -0.25) is 0 Å². The molecule has 78 valence electrons. The van der Waals surface area contributed by atoms with Crippen LogP contribution in [0.4, 0.5) is 0 Å². The molecule has 2 heteroatoms. The molecule has 0 bridgehead atoms. The summed E-state index contributed by atoms with van der Waals surface area (Å²) in [6, 6.07) is 9.63. The maximum Gasteiger partial charge on any atom is 0.384 e. The summed E-state index contributed by atoms with van der Waals surface area (Å²) in [5.41, 5.74) is 0.989. The lowest BCUT2D eigenvalue weighted by molar-refractivity contribution is -0.142. The Hall–Kier alpha value is -1.75. The summed E-state index contributed by atoms with van der Waals surface area (Å²) < 4.78 is 5.15. The predicted octanol–water partition coefficient (Wildman–Crippen LogP) is 2.70. The Labute approximate surface area is 90.3 Å². The van der Waals surface area contributed by atoms with Crippen LogP contribution in [-0.4, -0.2) is 5.97 Å². The van der Waals surface area contributed by atoms with Crippen molar-refractivity contribution in [2.75, 3.05) is 0 Å². The minimum absolute atomic E-state index is 0.222. The number of rotatable bonds is 4. The largest absolute Gasteiger partial charge is 0.448 e. The first-order chi connectivity index (χ1) is 7.27. The molecule has 15 heavy (non-hydrogen) atoms. The molecule has 0 spiro atoms. The third-order valence-corrected chi connectivity index (χ3v) is 2.09. The highest BCUT2D eigenvalue weighted by molar-refractivity contribution is 5.87. The number of carbonyl (C=O) groups excluding carboxylic acids is 1. The summed E-state index contributed by atoms with van der Waals surface area (Å²) in [7, 11) is 0. The minimum atomic E-state index is -0.600. The van der Waals surface area contributed by atoms with E-state index in [1.54, 1.807) is 0 Å². The fourth-order valence-corrected chi connectivity index (χ4v) is 1.39. The Kier molecular flexibility index (Phi) is 4.43. The van der Waals surface area contributed by atoms with Gasteiger partial charge in [-0.1, -0.05) is 43.7 Å². The molecule has 0 N–H and O–H groups in total. The summed E-state index contributed by atoms with van der Waals surface area (Å²) in [5, 5.41) is 0. The highest BCUT2D eigenvalue weighted by atomic mass is 16.5. The van der Waals surface area contributed by atoms with Gasteiger partial charge >= 0.3 is 5.97 Å². The molecular weight excluding hydrogens is 188 g/mol. The van der Waals surface area contributed by atoms with E-state index >= 15 is 0 Å². The molecule has 1 unspecified atom stereocenters. The number of carbonyl (C=O) groups is 1. The zero-order valence-electron chi connectivity index (χ0n) is 8.77. The molecule has 0 radical (unpaired) electrons. The molecule has 0 aliphatic rings. The normalized spacial score (nSPS) is 11.5. The maximum atomic E-state index is 11.0. The van der Waals surface area contributed by atoms with Crippen molar-refractivity contribution in [2.24, 2.45) is 0 Å². The predicted molar refractivity (Wildman–Crippen MR) is 59.0 cm³/mol. The third-order valence-electron chi connectivity index (χ3n) is 2.09. The topological polar surface area (TPSA) is 26.3 Å². The molecular formula is C13H14O2. The molecule has 0 aliphatic heterocycles. The van der Waals surface area contributed by atoms with E-state index < -0.39 is 5.97 Å². The quantitative estimate of drug-likeness (QED) is 0.426. The Morgan fingerprint density at radius 1 is 1.47 bits per heavy atom. The van der Waals surface area contributed by atoms with Crippen molar-refractivity contribution < 1.29 is 9.53 Å². The van der Waals surface area contributed by atoms with E-state index in [9.17, 15) is 4.79 Å². The lowest BCUT2D eigenvalue weighted by Gasteiger charge is -2.15. The smallest absolute Gasteiger partial charge is 0.384 e. The average Bonchev–Trinajstić information content (AvgIpc) is 2.29. The van der Waals surface area contributed by atoms with Gasteiger partial charge in [-0.05, 0) is 12.0 Å². The van der Waals surface area contributed by atoms with Crippen molar-refractivity contribution in [2.45, 2.75) is 25.9 Å². The molecule has 2 nitrogen and oxygen atoms in total. The van der Waals surface area contributed by atoms with Gasteiger partial charge in [-0.25, -0.2) is 4.79 Å². The van der Waals surface area contributed by atoms with Crippen LogP contribution < -0.4 is 0 Å². The molecule has 0 amide bonds. The number of hydrogen-bond acceptors (Lipinski definition) is 2. The zero-order chi connectivity index (χ0) is 11.1. The van der Waals surface area contributed by atoms with Gasteiger partial charge in [0.25, 0.3) is 0 Å². The SMILES string of the molecule is C#CC(=O)OC(CCC)c1ccccc1. The van der Waals surface area contributed by atoms with E-state index in [-0.39, 0.29) is 6.10 Å². The second-order valence-electron chi connectivity index (χ2n) is 3.24. The number of benzene rings is 1. The van der Waals surface area contributed by atoms with Crippen molar-refractivity contribution in [3.05, 3.63) is 35.9 Å². The summed E-state index contributed by atoms with van der Waals surface area (Å²) in [5.74, 6) is 1.36. The molecule has 0 heterocycles. The van der Waals surface area contributed by atoms with Gasteiger partial charge in [0, 0.05) is 5.92 Å². The van der Waals surface area contributed by atoms with Gasteiger partial charge in [0.15, 0.2) is 0 Å². The van der Waals surface area contributed by atoms with Gasteiger partial charge in [0.1, 0.15) is 6.10 Å². The van der Waals surface area contributed by atoms with Crippen LogP contribution in [0.25, 0.3) is 0 Å². The van der Waals surface area contributed by atoms with Crippen LogP contribution in [0.1, 0.15) is 31.4 Å². The van der Waals surface area contributed by atoms with E-state index in [0.717, 1.165) is 18.4 Å². The highest BCUT2D eigenvalue weighted by Crippen LogP contribution is 2.22. The first-order valence-corrected chi connectivity index (χ1v) is 5.00. The van der Waals surface area contributed by atoms with Crippen molar-refractivity contribution in [3.63, 3.8) is 0 Å². The Bertz CT molecular complexity index is 349. The lowest BCUT2D eigenvalue weighted by atomic mass is 10.1. The van der Waals surface area contributed by atoms with E-state index in [0.29, 0.717) is 0 Å². The van der Waals surface area contributed by atoms with Crippen molar-refractivity contribution in [3.8, 4) is 12.3 Å². The number of esters is 1. The Balaban J connectivity index is 2.75. The van der Waals surface area contributed by atoms with Crippen LogP contribution in [0.5, 0.6) is 0 Å². The minimum Gasteiger partial charge on any atom is -0.448 e. The number of ether oxygens (including phenoxy) is 1. The molecule has 1 aromatic carbocycles. The van der Waals surface area contributed by atoms with Crippen LogP contribution >= 0.6 is 0 Å². The molecule has 1 aromatic rings. The molecule has 0 fully saturated rings. The second kappa shape index (κ2) is 5.87. The van der Waals surface area contributed by atoms with Gasteiger partial charge in [-0.2, -0.15) is 0 Å². The van der Waals surface area contributed by atoms with Crippen molar-refractivity contribution in [1.29, 1.82) is 0 Å². The summed E-state index contributed by atoms with van der Waals surface area (Å²) in [6.45, 7) is 2.04. The van der Waals surface area contributed by atoms with Crippen molar-refractivity contribution >= 4 is 5.97 Å². The molecule has 0 saturated carbocycles. The lowest BCUT2D eigenvalue weighted by Crippen LogP contribution is -2.09. The Morgan fingerprint density at radius 2 is 2.13 bits per heavy atom. The monoisotopic (exact) mass is 202 g/mol. The molecule has 1 atom stereocenters. The van der Waals surface area contributed by atoms with Crippen LogP contribution in [0.15, 0.2) is 30.3 Å². The summed E-state index contributed by atoms with van der Waals surface area (Å²) in [6.07, 6.45) is 6.48. The van der Waals surface area contributed by atoms with Crippen LogP contribution in [0.2, 0.25) is 0 Å². The van der Waals surface area contributed by atoms with Gasteiger partial charge in [0.05, 0.1) is 0 Å². The van der Waals surface area contributed by atoms with E-state index in [1.165, 1.54) is 0 Å². The maximum absolute atomic E-state index is 11.0. The fraction of sp³-hybridized carbons (Fsp3) is 0.308. The van der Waals surface area contributed by atoms with Gasteiger partial charge < -0.3 is 4.74 Å². The highest BCUT2D eigenvalue weighted by Gasteiger charge is 2.13. The Morgan fingerprint density at radius 3 is 2.67 bits per heavy atom. The molecule has 1 rings (SSSR count). The third kappa shape index (κ3) is 3.47. The van der Waals surface area contributed by atoms with E-state index in [2.05, 4.69) is 0 Å². The van der Waals surface area contributed by atoms with E-state index in [4.69, 9.17) is 11.2 Å².